The van der Waals surface area contributed by atoms with Crippen molar-refractivity contribution < 1.29 is 0 Å². The van der Waals surface area contributed by atoms with Gasteiger partial charge in [0.1, 0.15) is 11.3 Å². The van der Waals surface area contributed by atoms with E-state index in [-0.39, 0.29) is 0 Å². The zero-order valence-corrected chi connectivity index (χ0v) is 21.1. The van der Waals surface area contributed by atoms with Crippen LogP contribution in [0.2, 0.25) is 0 Å². The van der Waals surface area contributed by atoms with Gasteiger partial charge in [-0.3, -0.25) is 0 Å². The van der Waals surface area contributed by atoms with Gasteiger partial charge in [-0.05, 0) is 60.4 Å². The van der Waals surface area contributed by atoms with Gasteiger partial charge in [-0.15, -0.1) is 0 Å². The molecule has 0 fully saturated rings. The van der Waals surface area contributed by atoms with Gasteiger partial charge in [-0.25, -0.2) is 19.5 Å². The van der Waals surface area contributed by atoms with E-state index in [0.717, 1.165) is 67.9 Å². The molecule has 0 saturated carbocycles. The number of imidazole rings is 1. The molecule has 37 heavy (non-hydrogen) atoms. The maximum Gasteiger partial charge on any atom is 0.195 e. The fourth-order valence-electron chi connectivity index (χ4n) is 4.95. The Bertz CT molecular complexity index is 1780. The fraction of sp³-hybridized carbons (Fsp3) is 0.161. The number of aryl methyl sites for hydroxylation is 3. The predicted molar refractivity (Wildman–Crippen MR) is 148 cm³/mol. The maximum absolute atomic E-state index is 7.71. The Morgan fingerprint density at radius 3 is 2.49 bits per heavy atom. The first-order valence-corrected chi connectivity index (χ1v) is 12.4. The lowest BCUT2D eigenvalue weighted by molar-refractivity contribution is 0.745. The highest BCUT2D eigenvalue weighted by molar-refractivity contribution is 5.82. The van der Waals surface area contributed by atoms with Crippen LogP contribution in [0.3, 0.4) is 0 Å². The molecule has 0 atom stereocenters. The summed E-state index contributed by atoms with van der Waals surface area (Å²) in [5.41, 5.74) is 9.63. The third-order valence-electron chi connectivity index (χ3n) is 6.80. The highest BCUT2D eigenvalue weighted by Crippen LogP contribution is 2.33. The van der Waals surface area contributed by atoms with E-state index < -0.39 is 0 Å². The molecule has 0 unspecified atom stereocenters. The van der Waals surface area contributed by atoms with E-state index in [0.29, 0.717) is 12.2 Å². The summed E-state index contributed by atoms with van der Waals surface area (Å²) in [6.45, 7) is 14.7. The van der Waals surface area contributed by atoms with Gasteiger partial charge >= 0.3 is 0 Å². The van der Waals surface area contributed by atoms with Crippen LogP contribution in [-0.2, 0) is 13.0 Å². The van der Waals surface area contributed by atoms with E-state index in [2.05, 4.69) is 59.7 Å². The van der Waals surface area contributed by atoms with Crippen molar-refractivity contribution in [2.24, 2.45) is 0 Å². The van der Waals surface area contributed by atoms with E-state index in [1.54, 1.807) is 0 Å². The van der Waals surface area contributed by atoms with Crippen molar-refractivity contribution in [1.82, 2.24) is 24.3 Å². The van der Waals surface area contributed by atoms with Crippen LogP contribution in [0.15, 0.2) is 79.0 Å². The van der Waals surface area contributed by atoms with Crippen molar-refractivity contribution in [2.45, 2.75) is 33.7 Å². The van der Waals surface area contributed by atoms with Gasteiger partial charge in [0.2, 0.25) is 0 Å². The lowest BCUT2D eigenvalue weighted by Gasteiger charge is -2.11. The van der Waals surface area contributed by atoms with Crippen molar-refractivity contribution in [2.75, 3.05) is 0 Å². The average Bonchev–Trinajstić information content (AvgIpc) is 3.50. The quantitative estimate of drug-likeness (QED) is 0.244. The van der Waals surface area contributed by atoms with E-state index in [4.69, 9.17) is 21.6 Å². The molecule has 0 spiro atoms. The van der Waals surface area contributed by atoms with Crippen molar-refractivity contribution in [1.29, 1.82) is 0 Å². The number of pyridine rings is 1. The number of hydrogen-bond acceptors (Lipinski definition) is 3. The second-order valence-corrected chi connectivity index (χ2v) is 9.36. The Balaban J connectivity index is 1.35. The molecule has 0 aliphatic rings. The molecule has 6 aromatic rings. The Morgan fingerprint density at radius 2 is 1.73 bits per heavy atom. The molecule has 6 rings (SSSR count). The van der Waals surface area contributed by atoms with Crippen molar-refractivity contribution >= 4 is 27.8 Å². The maximum atomic E-state index is 7.71. The van der Waals surface area contributed by atoms with Crippen molar-refractivity contribution in [3.05, 3.63) is 113 Å². The Morgan fingerprint density at radius 1 is 0.919 bits per heavy atom. The lowest BCUT2D eigenvalue weighted by atomic mass is 10.0. The van der Waals surface area contributed by atoms with Gasteiger partial charge < -0.3 is 4.57 Å². The van der Waals surface area contributed by atoms with Crippen LogP contribution < -0.4 is 0 Å². The zero-order valence-electron chi connectivity index (χ0n) is 21.1. The van der Waals surface area contributed by atoms with Crippen LogP contribution in [0.1, 0.15) is 29.6 Å². The minimum atomic E-state index is 0.622. The summed E-state index contributed by atoms with van der Waals surface area (Å²) in [6.07, 6.45) is 2.86. The molecule has 180 valence electrons. The van der Waals surface area contributed by atoms with Crippen LogP contribution in [0.5, 0.6) is 0 Å². The number of fused-ring (bicyclic) bond motifs is 2. The van der Waals surface area contributed by atoms with Crippen LogP contribution in [0.4, 0.5) is 5.69 Å². The fourth-order valence-corrected chi connectivity index (χ4v) is 4.95. The second-order valence-electron chi connectivity index (χ2n) is 9.36. The number of aromatic nitrogens is 5. The molecular weight excluding hydrogens is 456 g/mol. The Kier molecular flexibility index (Phi) is 5.54. The summed E-state index contributed by atoms with van der Waals surface area (Å²) in [7, 11) is 0. The largest absolute Gasteiger partial charge is 0.308 e. The third-order valence-corrected chi connectivity index (χ3v) is 6.80. The van der Waals surface area contributed by atoms with E-state index in [1.165, 1.54) is 0 Å². The number of hydrogen-bond donors (Lipinski definition) is 0. The summed E-state index contributed by atoms with van der Waals surface area (Å²) in [5.74, 6) is 1.04. The molecular formula is C31H26N6. The van der Waals surface area contributed by atoms with E-state index in [9.17, 15) is 0 Å². The van der Waals surface area contributed by atoms with Crippen LogP contribution in [0, 0.1) is 20.4 Å². The van der Waals surface area contributed by atoms with Crippen molar-refractivity contribution in [3.63, 3.8) is 0 Å². The molecule has 0 amide bonds. The third kappa shape index (κ3) is 4.05. The van der Waals surface area contributed by atoms with Gasteiger partial charge in [0.05, 0.1) is 24.3 Å². The highest BCUT2D eigenvalue weighted by Gasteiger charge is 2.14. The molecule has 3 aromatic carbocycles. The first-order chi connectivity index (χ1) is 18.0. The van der Waals surface area contributed by atoms with Gasteiger partial charge in [-0.1, -0.05) is 55.5 Å². The standard InChI is InChI=1S/C31H26N6/c1-5-29-34-30-20(2)16-21(3)33-31(30)36(29)18-22-10-12-23(13-11-22)26-17-25(14-15-28(26)32-4)37-19-24-8-6-7-9-27(24)35-37/h6-17,19H,5,18H2,1-3H3. The number of rotatable bonds is 5. The smallest absolute Gasteiger partial charge is 0.195 e. The molecule has 3 aromatic heterocycles. The summed E-state index contributed by atoms with van der Waals surface area (Å²) in [6, 6.07) is 24.5. The minimum absolute atomic E-state index is 0.622. The summed E-state index contributed by atoms with van der Waals surface area (Å²) in [4.78, 5) is 13.5. The minimum Gasteiger partial charge on any atom is -0.308 e. The lowest BCUT2D eigenvalue weighted by Crippen LogP contribution is -2.05. The molecule has 6 heteroatoms. The Labute approximate surface area is 215 Å². The molecule has 0 N–H and O–H groups in total. The van der Waals surface area contributed by atoms with Crippen LogP contribution in [-0.4, -0.2) is 24.3 Å². The summed E-state index contributed by atoms with van der Waals surface area (Å²) in [5, 5.41) is 5.79. The van der Waals surface area contributed by atoms with Gasteiger partial charge in [0, 0.05) is 23.7 Å². The Hall–Kier alpha value is -4.76. The predicted octanol–water partition coefficient (Wildman–Crippen LogP) is 7.22. The topological polar surface area (TPSA) is 52.9 Å². The average molecular weight is 483 g/mol. The van der Waals surface area contributed by atoms with E-state index in [1.807, 2.05) is 54.2 Å². The zero-order chi connectivity index (χ0) is 25.5. The molecule has 0 aliphatic heterocycles. The van der Waals surface area contributed by atoms with Crippen LogP contribution >= 0.6 is 0 Å². The van der Waals surface area contributed by atoms with Gasteiger partial charge in [0.25, 0.3) is 0 Å². The molecule has 0 radical (unpaired) electrons. The first-order valence-electron chi connectivity index (χ1n) is 12.4. The number of nitrogens with zero attached hydrogens (tertiary/aromatic N) is 6. The molecule has 0 aliphatic carbocycles. The number of benzene rings is 3. The van der Waals surface area contributed by atoms with Crippen molar-refractivity contribution in [3.8, 4) is 16.8 Å². The molecule has 0 bridgehead atoms. The van der Waals surface area contributed by atoms with E-state index >= 15 is 0 Å². The van der Waals surface area contributed by atoms with Gasteiger partial charge in [0.15, 0.2) is 11.3 Å². The van der Waals surface area contributed by atoms with Crippen LogP contribution in [0.25, 0.3) is 43.7 Å². The SMILES string of the molecule is [C-]#[N+]c1ccc(-n2cc3ccccc3n2)cc1-c1ccc(Cn2c(CC)nc3c(C)cc(C)nc32)cc1. The molecule has 3 heterocycles. The summed E-state index contributed by atoms with van der Waals surface area (Å²) >= 11 is 0. The molecule has 6 nitrogen and oxygen atoms in total. The molecule has 0 saturated heterocycles. The first kappa shape index (κ1) is 22.7. The summed E-state index contributed by atoms with van der Waals surface area (Å²) < 4.78 is 4.10. The monoisotopic (exact) mass is 482 g/mol. The normalized spacial score (nSPS) is 11.3. The van der Waals surface area contributed by atoms with Gasteiger partial charge in [-0.2, -0.15) is 5.10 Å². The second kappa shape index (κ2) is 9.03. The highest BCUT2D eigenvalue weighted by atomic mass is 15.3.